The van der Waals surface area contributed by atoms with E-state index in [1.165, 1.54) is 47.6 Å². The second-order valence-electron chi connectivity index (χ2n) is 8.29. The Morgan fingerprint density at radius 2 is 1.63 bits per heavy atom. The van der Waals surface area contributed by atoms with Crippen LogP contribution in [0.4, 0.5) is 0 Å². The molecule has 0 spiro atoms. The van der Waals surface area contributed by atoms with Crippen LogP contribution in [-0.2, 0) is 10.3 Å². The van der Waals surface area contributed by atoms with Gasteiger partial charge in [-0.3, -0.25) is 0 Å². The lowest BCUT2D eigenvalue weighted by atomic mass is 9.86. The molecule has 0 heterocycles. The van der Waals surface area contributed by atoms with Crippen molar-refractivity contribution < 1.29 is 9.47 Å². The summed E-state index contributed by atoms with van der Waals surface area (Å²) in [6.45, 7) is 6.25. The molecule has 1 aliphatic carbocycles. The number of hydrogen-bond donors (Lipinski definition) is 1. The van der Waals surface area contributed by atoms with Gasteiger partial charge in [-0.25, -0.2) is 0 Å². The first kappa shape index (κ1) is 20.9. The molecule has 0 aliphatic heterocycles. The molecule has 3 aromatic rings. The van der Waals surface area contributed by atoms with Gasteiger partial charge in [-0.05, 0) is 60.7 Å². The Morgan fingerprint density at radius 1 is 0.900 bits per heavy atom. The average molecular weight is 404 g/mol. The Balaban J connectivity index is 1.53. The van der Waals surface area contributed by atoms with E-state index in [0.717, 1.165) is 12.4 Å². The molecule has 30 heavy (non-hydrogen) atoms. The summed E-state index contributed by atoms with van der Waals surface area (Å²) < 4.78 is 11.2. The molecule has 1 saturated carbocycles. The van der Waals surface area contributed by atoms with Gasteiger partial charge >= 0.3 is 0 Å². The Morgan fingerprint density at radius 3 is 2.40 bits per heavy atom. The zero-order valence-corrected chi connectivity index (χ0v) is 18.2. The Hall–Kier alpha value is -2.36. The van der Waals surface area contributed by atoms with Crippen LogP contribution in [0, 0.1) is 0 Å². The summed E-state index contributed by atoms with van der Waals surface area (Å²) in [7, 11) is 0. The van der Waals surface area contributed by atoms with Gasteiger partial charge in [-0.2, -0.15) is 0 Å². The third-order valence-electron chi connectivity index (χ3n) is 6.35. The SMILES string of the molecule is CCOCCOc1ccc(C2(N[C@H](C)c3cccc4ccccc34)CCCC2)cc1. The van der Waals surface area contributed by atoms with Gasteiger partial charge in [0.2, 0.25) is 0 Å². The number of fused-ring (bicyclic) bond motifs is 1. The van der Waals surface area contributed by atoms with E-state index in [9.17, 15) is 0 Å². The van der Waals surface area contributed by atoms with Gasteiger partial charge in [-0.1, -0.05) is 67.4 Å². The fraction of sp³-hybridized carbons (Fsp3) is 0.407. The van der Waals surface area contributed by atoms with Crippen LogP contribution in [0.1, 0.15) is 56.7 Å². The first-order valence-electron chi connectivity index (χ1n) is 11.3. The van der Waals surface area contributed by atoms with Crippen molar-refractivity contribution in [1.29, 1.82) is 0 Å². The van der Waals surface area contributed by atoms with Gasteiger partial charge in [0.25, 0.3) is 0 Å². The summed E-state index contributed by atoms with van der Waals surface area (Å²) in [4.78, 5) is 0. The summed E-state index contributed by atoms with van der Waals surface area (Å²) in [5.41, 5.74) is 2.76. The standard InChI is InChI=1S/C27H33NO2/c1-3-29-19-20-30-24-15-13-23(14-16-24)27(17-6-7-18-27)28-21(2)25-12-8-10-22-9-4-5-11-26(22)25/h4-5,8-16,21,28H,3,6-7,17-20H2,1-2H3/t21-/m1/s1. The lowest BCUT2D eigenvalue weighted by Gasteiger charge is -2.35. The van der Waals surface area contributed by atoms with Crippen LogP contribution in [0.2, 0.25) is 0 Å². The second kappa shape index (κ2) is 9.63. The van der Waals surface area contributed by atoms with E-state index in [1.807, 2.05) is 6.92 Å². The first-order valence-corrected chi connectivity index (χ1v) is 11.3. The second-order valence-corrected chi connectivity index (χ2v) is 8.29. The topological polar surface area (TPSA) is 30.5 Å². The quantitative estimate of drug-likeness (QED) is 0.421. The van der Waals surface area contributed by atoms with Gasteiger partial charge in [0.1, 0.15) is 12.4 Å². The van der Waals surface area contributed by atoms with E-state index in [-0.39, 0.29) is 11.6 Å². The van der Waals surface area contributed by atoms with E-state index in [4.69, 9.17) is 9.47 Å². The normalized spacial score (nSPS) is 16.6. The molecular weight excluding hydrogens is 370 g/mol. The Labute approximate surface area is 180 Å². The lowest BCUT2D eigenvalue weighted by Crippen LogP contribution is -2.41. The maximum Gasteiger partial charge on any atom is 0.119 e. The third kappa shape index (κ3) is 4.53. The fourth-order valence-corrected chi connectivity index (χ4v) is 4.85. The molecule has 158 valence electrons. The van der Waals surface area contributed by atoms with Crippen LogP contribution in [0.15, 0.2) is 66.7 Å². The molecule has 0 radical (unpaired) electrons. The maximum absolute atomic E-state index is 5.81. The molecule has 1 aliphatic rings. The molecule has 3 aromatic carbocycles. The molecule has 0 aromatic heterocycles. The minimum Gasteiger partial charge on any atom is -0.491 e. The highest BCUT2D eigenvalue weighted by Gasteiger charge is 2.36. The number of benzene rings is 3. The lowest BCUT2D eigenvalue weighted by molar-refractivity contribution is 0.110. The van der Waals surface area contributed by atoms with Crippen molar-refractivity contribution in [3.8, 4) is 5.75 Å². The van der Waals surface area contributed by atoms with Crippen LogP contribution in [0.3, 0.4) is 0 Å². The molecule has 0 amide bonds. The molecule has 1 atom stereocenters. The number of hydrogen-bond acceptors (Lipinski definition) is 3. The predicted molar refractivity (Wildman–Crippen MR) is 124 cm³/mol. The van der Waals surface area contributed by atoms with E-state index in [0.29, 0.717) is 13.2 Å². The van der Waals surface area contributed by atoms with Crippen LogP contribution >= 0.6 is 0 Å². The zero-order chi connectivity index (χ0) is 20.8. The van der Waals surface area contributed by atoms with Crippen LogP contribution in [0.5, 0.6) is 5.75 Å². The van der Waals surface area contributed by atoms with Crippen molar-refractivity contribution in [3.63, 3.8) is 0 Å². The minimum atomic E-state index is 0.0280. The molecule has 3 heteroatoms. The smallest absolute Gasteiger partial charge is 0.119 e. The minimum absolute atomic E-state index is 0.0280. The van der Waals surface area contributed by atoms with E-state index in [1.54, 1.807) is 0 Å². The number of ether oxygens (including phenoxy) is 2. The molecule has 3 nitrogen and oxygen atoms in total. The summed E-state index contributed by atoms with van der Waals surface area (Å²) in [6, 6.07) is 24.3. The molecule has 0 bridgehead atoms. The first-order chi connectivity index (χ1) is 14.7. The van der Waals surface area contributed by atoms with Crippen molar-refractivity contribution in [2.75, 3.05) is 19.8 Å². The third-order valence-corrected chi connectivity index (χ3v) is 6.35. The van der Waals surface area contributed by atoms with Crippen LogP contribution in [-0.4, -0.2) is 19.8 Å². The summed E-state index contributed by atoms with van der Waals surface area (Å²) in [5.74, 6) is 0.911. The molecular formula is C27H33NO2. The highest BCUT2D eigenvalue weighted by atomic mass is 16.5. The monoisotopic (exact) mass is 403 g/mol. The van der Waals surface area contributed by atoms with E-state index in [2.05, 4.69) is 79.0 Å². The average Bonchev–Trinajstić information content (AvgIpc) is 3.26. The van der Waals surface area contributed by atoms with Crippen molar-refractivity contribution in [1.82, 2.24) is 5.32 Å². The molecule has 4 rings (SSSR count). The summed E-state index contributed by atoms with van der Waals surface area (Å²) in [6.07, 6.45) is 4.88. The number of rotatable bonds is 9. The van der Waals surface area contributed by atoms with Gasteiger partial charge in [-0.15, -0.1) is 0 Å². The Kier molecular flexibility index (Phi) is 6.71. The summed E-state index contributed by atoms with van der Waals surface area (Å²) in [5, 5.41) is 6.68. The maximum atomic E-state index is 5.81. The van der Waals surface area contributed by atoms with Crippen LogP contribution in [0.25, 0.3) is 10.8 Å². The highest BCUT2D eigenvalue weighted by Crippen LogP contribution is 2.41. The molecule has 0 unspecified atom stereocenters. The van der Waals surface area contributed by atoms with Gasteiger partial charge < -0.3 is 14.8 Å². The zero-order valence-electron chi connectivity index (χ0n) is 18.2. The molecule has 0 saturated heterocycles. The predicted octanol–water partition coefficient (Wildman–Crippen LogP) is 6.38. The van der Waals surface area contributed by atoms with Crippen molar-refractivity contribution in [3.05, 3.63) is 77.9 Å². The van der Waals surface area contributed by atoms with Crippen molar-refractivity contribution in [2.45, 2.75) is 51.1 Å². The largest absolute Gasteiger partial charge is 0.491 e. The van der Waals surface area contributed by atoms with Crippen LogP contribution < -0.4 is 10.1 Å². The Bertz CT molecular complexity index is 939. The molecule has 1 fully saturated rings. The summed E-state index contributed by atoms with van der Waals surface area (Å²) >= 11 is 0. The van der Waals surface area contributed by atoms with Gasteiger partial charge in [0, 0.05) is 18.2 Å². The molecule has 1 N–H and O–H groups in total. The van der Waals surface area contributed by atoms with Gasteiger partial charge in [0.05, 0.1) is 6.61 Å². The fourth-order valence-electron chi connectivity index (χ4n) is 4.85. The van der Waals surface area contributed by atoms with E-state index < -0.39 is 0 Å². The highest BCUT2D eigenvalue weighted by molar-refractivity contribution is 5.86. The van der Waals surface area contributed by atoms with Crippen molar-refractivity contribution in [2.24, 2.45) is 0 Å². The van der Waals surface area contributed by atoms with Crippen molar-refractivity contribution >= 4 is 10.8 Å². The van der Waals surface area contributed by atoms with Gasteiger partial charge in [0.15, 0.2) is 0 Å². The number of nitrogens with one attached hydrogen (secondary N) is 1. The van der Waals surface area contributed by atoms with E-state index >= 15 is 0 Å².